The topological polar surface area (TPSA) is 158 Å². The first-order valence-corrected chi connectivity index (χ1v) is 7.05. The van der Waals surface area contributed by atoms with Crippen LogP contribution in [-0.4, -0.2) is 52.4 Å². The van der Waals surface area contributed by atoms with Gasteiger partial charge in [0.25, 0.3) is 0 Å². The van der Waals surface area contributed by atoms with Gasteiger partial charge < -0.3 is 13.7 Å². The maximum atomic E-state index is 9.20. The first-order valence-electron chi connectivity index (χ1n) is 1.68. The van der Waals surface area contributed by atoms with Gasteiger partial charge in [-0.05, 0) is 0 Å². The fourth-order valence-corrected chi connectivity index (χ4v) is 0. The molecule has 4 atom stereocenters. The smallest absolute Gasteiger partial charge is 0.763 e. The fraction of sp³-hybridized carbons (Fsp3) is 0. The van der Waals surface area contributed by atoms with Gasteiger partial charge in [0.2, 0.25) is 10.1 Å². The summed E-state index contributed by atoms with van der Waals surface area (Å²) >= 11 is 0. The van der Waals surface area contributed by atoms with Crippen molar-refractivity contribution in [2.24, 2.45) is 0 Å². The minimum Gasteiger partial charge on any atom is -0.763 e. The molecule has 0 radical (unpaired) electrons. The molecule has 0 spiro atoms. The van der Waals surface area contributed by atoms with Crippen LogP contribution in [0, 0.1) is 0 Å². The van der Waals surface area contributed by atoms with Crippen LogP contribution in [-0.2, 0) is 40.4 Å². The van der Waals surface area contributed by atoms with Crippen molar-refractivity contribution in [1.29, 1.82) is 0 Å². The summed E-state index contributed by atoms with van der Waals surface area (Å²) in [5, 5.41) is 0. The number of hydrogen-bond acceptors (Lipinski definition) is 7. The molecule has 0 aliphatic carbocycles. The molecule has 13 heteroatoms. The van der Waals surface area contributed by atoms with Crippen LogP contribution in [0.1, 0.15) is 0 Å². The van der Waals surface area contributed by atoms with Gasteiger partial charge in [-0.1, -0.05) is 0 Å². The van der Waals surface area contributed by atoms with Gasteiger partial charge in [-0.15, -0.1) is 0 Å². The van der Waals surface area contributed by atoms with E-state index in [9.17, 15) is 4.21 Å². The Morgan fingerprint density at radius 3 is 0.923 bits per heavy atom. The Morgan fingerprint density at radius 2 is 0.923 bits per heavy atom. The first kappa shape index (κ1) is 19.5. The SMILES string of the molecule is O=S([O-])S(=O)O.O=S([O-])S(=O)[O-].[Al+3]. The molecule has 1 N–H and O–H groups in total. The molecule has 0 aromatic rings. The van der Waals surface area contributed by atoms with E-state index in [0.29, 0.717) is 0 Å². The Kier molecular flexibility index (Phi) is 16.6. The Morgan fingerprint density at radius 1 is 0.769 bits per heavy atom. The van der Waals surface area contributed by atoms with Crippen LogP contribution in [0.25, 0.3) is 0 Å². The molecule has 0 aromatic carbocycles. The van der Waals surface area contributed by atoms with Gasteiger partial charge >= 0.3 is 17.4 Å². The molecular weight excluding hydrogens is 283 g/mol. The standard InChI is InChI=1S/Al.2H2O4S2/c;2*1-5(2)6(3)4/h;2*(H,1,2)(H,3,4)/q+3;;/p-3. The molecule has 0 rings (SSSR count). The molecule has 0 aliphatic heterocycles. The zero-order chi connectivity index (χ0) is 10.3. The summed E-state index contributed by atoms with van der Waals surface area (Å²) in [6, 6.07) is 0. The first-order chi connectivity index (χ1) is 5.29. The molecule has 0 bridgehead atoms. The predicted octanol–water partition coefficient (Wildman–Crippen LogP) is -2.72. The zero-order valence-corrected chi connectivity index (χ0v) is 9.94. The van der Waals surface area contributed by atoms with Crippen molar-refractivity contribution in [2.45, 2.75) is 0 Å². The summed E-state index contributed by atoms with van der Waals surface area (Å²) in [5.41, 5.74) is 0. The van der Waals surface area contributed by atoms with Crippen LogP contribution in [0.4, 0.5) is 0 Å². The van der Waals surface area contributed by atoms with E-state index in [2.05, 4.69) is 0 Å². The maximum absolute atomic E-state index is 9.20. The predicted molar refractivity (Wildman–Crippen MR) is 43.3 cm³/mol. The molecule has 4 unspecified atom stereocenters. The second-order valence-electron chi connectivity index (χ2n) is 0.829. The quantitative estimate of drug-likeness (QED) is 0.325. The number of hydrogen-bond donors (Lipinski definition) is 1. The van der Waals surface area contributed by atoms with E-state index in [-0.39, 0.29) is 17.4 Å². The summed E-state index contributed by atoms with van der Waals surface area (Å²) in [6.07, 6.45) is 0. The van der Waals surface area contributed by atoms with E-state index >= 15 is 0 Å². The summed E-state index contributed by atoms with van der Waals surface area (Å²) in [4.78, 5) is 0. The summed E-state index contributed by atoms with van der Waals surface area (Å²) in [7, 11) is -11.4. The fourth-order valence-electron chi connectivity index (χ4n) is 0. The third-order valence-electron chi connectivity index (χ3n) is 0.228. The van der Waals surface area contributed by atoms with Crippen molar-refractivity contribution < 1.29 is 35.0 Å². The largest absolute Gasteiger partial charge is 3.00 e. The van der Waals surface area contributed by atoms with Crippen molar-refractivity contribution in [3.05, 3.63) is 0 Å². The van der Waals surface area contributed by atoms with Crippen molar-refractivity contribution in [1.82, 2.24) is 0 Å². The molecule has 0 fully saturated rings. The second kappa shape index (κ2) is 11.0. The molecule has 0 amide bonds. The molecule has 13 heavy (non-hydrogen) atoms. The van der Waals surface area contributed by atoms with Gasteiger partial charge in [0.05, 0.1) is 10.1 Å². The van der Waals surface area contributed by atoms with Gasteiger partial charge in [0, 0.05) is 20.2 Å². The zero-order valence-electron chi connectivity index (χ0n) is 5.52. The minimum absolute atomic E-state index is 0. The van der Waals surface area contributed by atoms with Crippen LogP contribution in [0.2, 0.25) is 0 Å². The van der Waals surface area contributed by atoms with Gasteiger partial charge in [-0.25, -0.2) is 4.21 Å². The Bertz CT molecular complexity index is 172. The second-order valence-corrected chi connectivity index (χ2v) is 5.79. The van der Waals surface area contributed by atoms with E-state index in [1.165, 1.54) is 0 Å². The minimum atomic E-state index is -2.95. The van der Waals surface area contributed by atoms with Gasteiger partial charge in [0.15, 0.2) is 0 Å². The summed E-state index contributed by atoms with van der Waals surface area (Å²) < 4.78 is 71.3. The molecular formula is HAlO8S4. The van der Waals surface area contributed by atoms with Crippen LogP contribution in [0.3, 0.4) is 0 Å². The molecule has 0 saturated carbocycles. The van der Waals surface area contributed by atoms with E-state index in [1.54, 1.807) is 0 Å². The molecule has 76 valence electrons. The number of rotatable bonds is 2. The summed E-state index contributed by atoms with van der Waals surface area (Å²) in [6.45, 7) is 0. The molecule has 0 aliphatic rings. The maximum Gasteiger partial charge on any atom is 3.00 e. The van der Waals surface area contributed by atoms with E-state index < -0.39 is 40.4 Å². The molecule has 0 aromatic heterocycles. The van der Waals surface area contributed by atoms with Gasteiger partial charge in [0.1, 0.15) is 0 Å². The van der Waals surface area contributed by atoms with Crippen LogP contribution < -0.4 is 0 Å². The average molecular weight is 284 g/mol. The molecule has 0 saturated heterocycles. The van der Waals surface area contributed by atoms with Crippen molar-refractivity contribution >= 4 is 57.8 Å². The third-order valence-corrected chi connectivity index (χ3v) is 2.05. The third kappa shape index (κ3) is 19.4. The molecule has 8 nitrogen and oxygen atoms in total. The van der Waals surface area contributed by atoms with E-state index in [0.717, 1.165) is 0 Å². The van der Waals surface area contributed by atoms with Crippen molar-refractivity contribution in [3.63, 3.8) is 0 Å². The Labute approximate surface area is 92.6 Å². The molecule has 0 heterocycles. The van der Waals surface area contributed by atoms with Gasteiger partial charge in [-0.3, -0.25) is 17.2 Å². The Hall–Kier alpha value is 0.972. The monoisotopic (exact) mass is 284 g/mol. The normalized spacial score (nSPS) is 18.2. The Balaban J connectivity index is -0.000000143. The van der Waals surface area contributed by atoms with Gasteiger partial charge in [-0.2, -0.15) is 0 Å². The van der Waals surface area contributed by atoms with Crippen molar-refractivity contribution in [3.8, 4) is 0 Å². The van der Waals surface area contributed by atoms with E-state index in [4.69, 9.17) is 30.8 Å². The van der Waals surface area contributed by atoms with Crippen molar-refractivity contribution in [2.75, 3.05) is 0 Å². The average Bonchev–Trinajstić information content (AvgIpc) is 1.88. The van der Waals surface area contributed by atoms with Crippen LogP contribution in [0.5, 0.6) is 0 Å². The summed E-state index contributed by atoms with van der Waals surface area (Å²) in [5.74, 6) is 0. The van der Waals surface area contributed by atoms with E-state index in [1.807, 2.05) is 0 Å². The van der Waals surface area contributed by atoms with Crippen LogP contribution >= 0.6 is 0 Å². The van der Waals surface area contributed by atoms with Crippen LogP contribution in [0.15, 0.2) is 0 Å².